The molecule has 0 bridgehead atoms. The van der Waals surface area contributed by atoms with Gasteiger partial charge in [0.15, 0.2) is 0 Å². The molecule has 0 aliphatic rings. The van der Waals surface area contributed by atoms with E-state index in [1.807, 2.05) is 24.3 Å². The Morgan fingerprint density at radius 2 is 2.00 bits per heavy atom. The van der Waals surface area contributed by atoms with Gasteiger partial charge in [0.05, 0.1) is 5.70 Å². The van der Waals surface area contributed by atoms with Gasteiger partial charge in [-0.2, -0.15) is 0 Å². The van der Waals surface area contributed by atoms with Crippen LogP contribution in [0.5, 0.6) is 0 Å². The van der Waals surface area contributed by atoms with Crippen molar-refractivity contribution >= 4 is 12.2 Å². The van der Waals surface area contributed by atoms with Crippen LogP contribution in [0.2, 0.25) is 0 Å². The zero-order chi connectivity index (χ0) is 9.68. The second-order valence-electron chi connectivity index (χ2n) is 2.71. The average Bonchev–Trinajstić information content (AvgIpc) is 2.18. The van der Waals surface area contributed by atoms with Gasteiger partial charge in [-0.05, 0) is 29.3 Å². The Kier molecular flexibility index (Phi) is 3.15. The molecular formula is C11H11NO. The molecular weight excluding hydrogens is 162 g/mol. The van der Waals surface area contributed by atoms with Gasteiger partial charge in [0, 0.05) is 0 Å². The molecule has 0 aromatic heterocycles. The van der Waals surface area contributed by atoms with Crippen molar-refractivity contribution in [2.45, 2.75) is 6.92 Å². The van der Waals surface area contributed by atoms with Crippen LogP contribution in [0.15, 0.2) is 41.7 Å². The first-order chi connectivity index (χ1) is 6.27. The monoisotopic (exact) mass is 173 g/mol. The SMILES string of the molecule is C=Cc1ccccc1/C=C(\C)N=O. The molecule has 0 saturated heterocycles. The molecule has 13 heavy (non-hydrogen) atoms. The highest BCUT2D eigenvalue weighted by Crippen LogP contribution is 2.14. The predicted octanol–water partition coefficient (Wildman–Crippen LogP) is 3.46. The topological polar surface area (TPSA) is 29.4 Å². The Bertz CT molecular complexity index is 353. The van der Waals surface area contributed by atoms with E-state index >= 15 is 0 Å². The predicted molar refractivity (Wildman–Crippen MR) is 56.0 cm³/mol. The molecule has 0 heterocycles. The van der Waals surface area contributed by atoms with Crippen LogP contribution >= 0.6 is 0 Å². The zero-order valence-corrected chi connectivity index (χ0v) is 7.53. The number of nitroso groups, excluding NO2 is 1. The van der Waals surface area contributed by atoms with E-state index < -0.39 is 0 Å². The van der Waals surface area contributed by atoms with E-state index in [2.05, 4.69) is 11.8 Å². The van der Waals surface area contributed by atoms with Gasteiger partial charge in [0.2, 0.25) is 0 Å². The van der Waals surface area contributed by atoms with Crippen LogP contribution in [0, 0.1) is 4.91 Å². The highest BCUT2D eigenvalue weighted by Gasteiger charge is 1.94. The molecule has 1 aromatic rings. The van der Waals surface area contributed by atoms with Crippen LogP contribution in [0.25, 0.3) is 12.2 Å². The van der Waals surface area contributed by atoms with E-state index in [0.717, 1.165) is 11.1 Å². The van der Waals surface area contributed by atoms with Gasteiger partial charge >= 0.3 is 0 Å². The largest absolute Gasteiger partial charge is 0.145 e. The van der Waals surface area contributed by atoms with Gasteiger partial charge in [0.1, 0.15) is 0 Å². The summed E-state index contributed by atoms with van der Waals surface area (Å²) in [4.78, 5) is 10.2. The second kappa shape index (κ2) is 4.36. The number of rotatable bonds is 3. The van der Waals surface area contributed by atoms with Crippen molar-refractivity contribution < 1.29 is 0 Å². The first kappa shape index (κ1) is 9.39. The molecule has 0 radical (unpaired) electrons. The van der Waals surface area contributed by atoms with E-state index in [9.17, 15) is 4.91 Å². The van der Waals surface area contributed by atoms with E-state index in [1.54, 1.807) is 19.1 Å². The molecule has 0 aliphatic heterocycles. The summed E-state index contributed by atoms with van der Waals surface area (Å²) in [5, 5.41) is 2.84. The van der Waals surface area contributed by atoms with Gasteiger partial charge in [-0.25, -0.2) is 0 Å². The third-order valence-electron chi connectivity index (χ3n) is 1.72. The first-order valence-electron chi connectivity index (χ1n) is 4.01. The fourth-order valence-electron chi connectivity index (χ4n) is 1.08. The molecule has 66 valence electrons. The third kappa shape index (κ3) is 2.37. The molecule has 0 saturated carbocycles. The Morgan fingerprint density at radius 3 is 2.54 bits per heavy atom. The number of hydrogen-bond donors (Lipinski definition) is 0. The van der Waals surface area contributed by atoms with E-state index in [1.165, 1.54) is 0 Å². The van der Waals surface area contributed by atoms with Crippen molar-refractivity contribution in [1.82, 2.24) is 0 Å². The molecule has 1 aromatic carbocycles. The summed E-state index contributed by atoms with van der Waals surface area (Å²) in [6.07, 6.45) is 3.49. The van der Waals surface area contributed by atoms with Gasteiger partial charge in [-0.3, -0.25) is 0 Å². The standard InChI is InChI=1S/C11H11NO/c1-3-10-6-4-5-7-11(10)8-9(2)12-13/h3-8H,1H2,2H3/b9-8+. The second-order valence-corrected chi connectivity index (χ2v) is 2.71. The molecule has 1 rings (SSSR count). The Balaban J connectivity index is 3.13. The summed E-state index contributed by atoms with van der Waals surface area (Å²) in [6.45, 7) is 5.36. The lowest BCUT2D eigenvalue weighted by Crippen LogP contribution is -1.79. The van der Waals surface area contributed by atoms with Gasteiger partial charge in [-0.15, -0.1) is 4.91 Å². The normalized spacial score (nSPS) is 11.0. The molecule has 2 heteroatoms. The summed E-state index contributed by atoms with van der Waals surface area (Å²) < 4.78 is 0. The summed E-state index contributed by atoms with van der Waals surface area (Å²) in [6, 6.07) is 7.71. The van der Waals surface area contributed by atoms with Crippen LogP contribution in [0.1, 0.15) is 18.1 Å². The average molecular weight is 173 g/mol. The van der Waals surface area contributed by atoms with Crippen LogP contribution in [0.4, 0.5) is 0 Å². The molecule has 0 aliphatic carbocycles. The highest BCUT2D eigenvalue weighted by atomic mass is 16.3. The van der Waals surface area contributed by atoms with Crippen molar-refractivity contribution in [2.24, 2.45) is 5.18 Å². The molecule has 0 N–H and O–H groups in total. The minimum absolute atomic E-state index is 0.467. The fourth-order valence-corrected chi connectivity index (χ4v) is 1.08. The first-order valence-corrected chi connectivity index (χ1v) is 4.01. The maximum absolute atomic E-state index is 10.2. The van der Waals surface area contributed by atoms with E-state index in [4.69, 9.17) is 0 Å². The Morgan fingerprint density at radius 1 is 1.38 bits per heavy atom. The molecule has 0 fully saturated rings. The summed E-state index contributed by atoms with van der Waals surface area (Å²) in [5.74, 6) is 0. The van der Waals surface area contributed by atoms with E-state index in [-0.39, 0.29) is 0 Å². The number of benzene rings is 1. The van der Waals surface area contributed by atoms with Crippen molar-refractivity contribution in [1.29, 1.82) is 0 Å². The maximum Gasteiger partial charge on any atom is 0.0824 e. The maximum atomic E-state index is 10.2. The van der Waals surface area contributed by atoms with Crippen LogP contribution in [-0.2, 0) is 0 Å². The lowest BCUT2D eigenvalue weighted by atomic mass is 10.1. The summed E-state index contributed by atoms with van der Waals surface area (Å²) in [7, 11) is 0. The van der Waals surface area contributed by atoms with Crippen molar-refractivity contribution in [3.8, 4) is 0 Å². The number of hydrogen-bond acceptors (Lipinski definition) is 2. The zero-order valence-electron chi connectivity index (χ0n) is 7.53. The van der Waals surface area contributed by atoms with E-state index in [0.29, 0.717) is 5.70 Å². The molecule has 0 unspecified atom stereocenters. The highest BCUT2D eigenvalue weighted by molar-refractivity contribution is 5.65. The fraction of sp³-hybridized carbons (Fsp3) is 0.0909. The Labute approximate surface area is 77.6 Å². The summed E-state index contributed by atoms with van der Waals surface area (Å²) >= 11 is 0. The number of allylic oxidation sites excluding steroid dienone is 1. The lowest BCUT2D eigenvalue weighted by Gasteiger charge is -1.98. The van der Waals surface area contributed by atoms with Crippen molar-refractivity contribution in [2.75, 3.05) is 0 Å². The van der Waals surface area contributed by atoms with Gasteiger partial charge in [0.25, 0.3) is 0 Å². The Hall–Kier alpha value is -1.70. The molecule has 0 spiro atoms. The van der Waals surface area contributed by atoms with Crippen molar-refractivity contribution in [3.63, 3.8) is 0 Å². The molecule has 0 amide bonds. The summed E-state index contributed by atoms with van der Waals surface area (Å²) in [5.41, 5.74) is 2.44. The minimum atomic E-state index is 0.467. The number of nitrogens with zero attached hydrogens (tertiary/aromatic N) is 1. The molecule has 0 atom stereocenters. The quantitative estimate of drug-likeness (QED) is 0.643. The van der Waals surface area contributed by atoms with Crippen molar-refractivity contribution in [3.05, 3.63) is 52.6 Å². The van der Waals surface area contributed by atoms with Crippen LogP contribution in [0.3, 0.4) is 0 Å². The molecule has 2 nitrogen and oxygen atoms in total. The smallest absolute Gasteiger partial charge is 0.0824 e. The van der Waals surface area contributed by atoms with Gasteiger partial charge in [-0.1, -0.05) is 36.9 Å². The van der Waals surface area contributed by atoms with Crippen LogP contribution < -0.4 is 0 Å². The minimum Gasteiger partial charge on any atom is -0.145 e. The van der Waals surface area contributed by atoms with Gasteiger partial charge < -0.3 is 0 Å². The lowest BCUT2D eigenvalue weighted by molar-refractivity contribution is 1.31. The third-order valence-corrected chi connectivity index (χ3v) is 1.72. The van der Waals surface area contributed by atoms with Crippen LogP contribution in [-0.4, -0.2) is 0 Å².